The van der Waals surface area contributed by atoms with E-state index in [-0.39, 0.29) is 5.57 Å². The SMILES string of the molecule is N#CC(C#N)=Cc1ccc(NO)cc1. The minimum absolute atomic E-state index is 0.0507. The zero-order valence-corrected chi connectivity index (χ0v) is 7.23. The molecule has 4 heteroatoms. The summed E-state index contributed by atoms with van der Waals surface area (Å²) in [5.74, 6) is 0. The predicted octanol–water partition coefficient (Wildman–Crippen LogP) is 1.92. The molecule has 0 saturated carbocycles. The lowest BCUT2D eigenvalue weighted by Crippen LogP contribution is -1.87. The van der Waals surface area contributed by atoms with Gasteiger partial charge in [0.1, 0.15) is 17.7 Å². The number of nitriles is 2. The summed E-state index contributed by atoms with van der Waals surface area (Å²) >= 11 is 0. The Hall–Kier alpha value is -2.30. The Morgan fingerprint density at radius 1 is 1.21 bits per heavy atom. The molecule has 0 atom stereocenters. The van der Waals surface area contributed by atoms with Crippen LogP contribution in [0.15, 0.2) is 29.8 Å². The Morgan fingerprint density at radius 3 is 2.21 bits per heavy atom. The van der Waals surface area contributed by atoms with E-state index in [1.807, 2.05) is 5.48 Å². The molecule has 68 valence electrons. The van der Waals surface area contributed by atoms with Crippen molar-refractivity contribution in [1.82, 2.24) is 0 Å². The van der Waals surface area contributed by atoms with Crippen molar-refractivity contribution in [3.05, 3.63) is 35.4 Å². The lowest BCUT2D eigenvalue weighted by atomic mass is 10.1. The third-order valence-corrected chi connectivity index (χ3v) is 1.59. The van der Waals surface area contributed by atoms with Gasteiger partial charge < -0.3 is 0 Å². The number of hydrogen-bond donors (Lipinski definition) is 2. The second-order valence-corrected chi connectivity index (χ2v) is 2.52. The summed E-state index contributed by atoms with van der Waals surface area (Å²) in [6.07, 6.45) is 1.47. The number of benzene rings is 1. The van der Waals surface area contributed by atoms with Gasteiger partial charge in [-0.05, 0) is 23.8 Å². The predicted molar refractivity (Wildman–Crippen MR) is 51.1 cm³/mol. The lowest BCUT2D eigenvalue weighted by molar-refractivity contribution is 0.389. The Balaban J connectivity index is 2.95. The summed E-state index contributed by atoms with van der Waals surface area (Å²) in [4.78, 5) is 0. The van der Waals surface area contributed by atoms with E-state index in [0.29, 0.717) is 5.69 Å². The van der Waals surface area contributed by atoms with Crippen molar-refractivity contribution in [2.24, 2.45) is 0 Å². The van der Waals surface area contributed by atoms with Gasteiger partial charge in [0.25, 0.3) is 0 Å². The largest absolute Gasteiger partial charge is 0.291 e. The van der Waals surface area contributed by atoms with Crippen LogP contribution in [0.1, 0.15) is 5.56 Å². The highest BCUT2D eigenvalue weighted by molar-refractivity contribution is 5.63. The van der Waals surface area contributed by atoms with Crippen LogP contribution in [0, 0.1) is 22.7 Å². The minimum atomic E-state index is 0.0507. The molecule has 0 radical (unpaired) electrons. The van der Waals surface area contributed by atoms with Crippen molar-refractivity contribution in [3.8, 4) is 12.1 Å². The summed E-state index contributed by atoms with van der Waals surface area (Å²) in [5, 5.41) is 25.5. The van der Waals surface area contributed by atoms with Gasteiger partial charge in [0.2, 0.25) is 0 Å². The molecule has 0 spiro atoms. The standard InChI is InChI=1S/C10H7N3O/c11-6-9(7-12)5-8-1-3-10(13-14)4-2-8/h1-5,13-14H. The summed E-state index contributed by atoms with van der Waals surface area (Å²) in [6, 6.07) is 10.2. The maximum atomic E-state index is 8.53. The van der Waals surface area contributed by atoms with Crippen LogP contribution in [0.3, 0.4) is 0 Å². The van der Waals surface area contributed by atoms with E-state index in [1.54, 1.807) is 36.4 Å². The van der Waals surface area contributed by atoms with E-state index in [0.717, 1.165) is 5.56 Å². The summed E-state index contributed by atoms with van der Waals surface area (Å²) in [6.45, 7) is 0. The average Bonchev–Trinajstić information content (AvgIpc) is 2.26. The van der Waals surface area contributed by atoms with E-state index in [4.69, 9.17) is 15.7 Å². The molecule has 0 saturated heterocycles. The number of allylic oxidation sites excluding steroid dienone is 1. The van der Waals surface area contributed by atoms with Crippen molar-refractivity contribution < 1.29 is 5.21 Å². The quantitative estimate of drug-likeness (QED) is 0.544. The second-order valence-electron chi connectivity index (χ2n) is 2.52. The topological polar surface area (TPSA) is 79.8 Å². The first-order valence-corrected chi connectivity index (χ1v) is 3.82. The van der Waals surface area contributed by atoms with Gasteiger partial charge in [-0.2, -0.15) is 10.5 Å². The van der Waals surface area contributed by atoms with E-state index >= 15 is 0 Å². The molecule has 0 heterocycles. The minimum Gasteiger partial charge on any atom is -0.291 e. The highest BCUT2D eigenvalue weighted by atomic mass is 16.5. The van der Waals surface area contributed by atoms with Crippen molar-refractivity contribution in [2.45, 2.75) is 0 Å². The fourth-order valence-electron chi connectivity index (χ4n) is 0.910. The molecule has 0 aliphatic carbocycles. The van der Waals surface area contributed by atoms with E-state index in [1.165, 1.54) is 6.08 Å². The van der Waals surface area contributed by atoms with Crippen LogP contribution < -0.4 is 5.48 Å². The average molecular weight is 185 g/mol. The molecule has 2 N–H and O–H groups in total. The van der Waals surface area contributed by atoms with Crippen LogP contribution in [0.2, 0.25) is 0 Å². The summed E-state index contributed by atoms with van der Waals surface area (Å²) in [7, 11) is 0. The normalized spacial score (nSPS) is 8.21. The first-order valence-electron chi connectivity index (χ1n) is 3.82. The molecule has 1 aromatic carbocycles. The first-order chi connectivity index (χ1) is 6.80. The molecule has 0 fully saturated rings. The first kappa shape index (κ1) is 9.79. The van der Waals surface area contributed by atoms with Gasteiger partial charge in [0.05, 0.1) is 5.69 Å². The van der Waals surface area contributed by atoms with Crippen LogP contribution in [0.4, 0.5) is 5.69 Å². The van der Waals surface area contributed by atoms with Crippen molar-refractivity contribution in [1.29, 1.82) is 10.5 Å². The third kappa shape index (κ3) is 2.34. The van der Waals surface area contributed by atoms with Gasteiger partial charge in [-0.3, -0.25) is 10.7 Å². The van der Waals surface area contributed by atoms with Gasteiger partial charge >= 0.3 is 0 Å². The third-order valence-electron chi connectivity index (χ3n) is 1.59. The van der Waals surface area contributed by atoms with Crippen molar-refractivity contribution in [2.75, 3.05) is 5.48 Å². The Labute approximate surface area is 81.3 Å². The Bertz CT molecular complexity index is 404. The smallest absolute Gasteiger partial charge is 0.130 e. The van der Waals surface area contributed by atoms with Crippen molar-refractivity contribution in [3.63, 3.8) is 0 Å². The summed E-state index contributed by atoms with van der Waals surface area (Å²) in [5.41, 5.74) is 3.33. The maximum Gasteiger partial charge on any atom is 0.130 e. The second kappa shape index (κ2) is 4.66. The summed E-state index contributed by atoms with van der Waals surface area (Å²) < 4.78 is 0. The van der Waals surface area contributed by atoms with Crippen LogP contribution in [-0.2, 0) is 0 Å². The molecule has 14 heavy (non-hydrogen) atoms. The number of hydrogen-bond acceptors (Lipinski definition) is 4. The van der Waals surface area contributed by atoms with Crippen molar-refractivity contribution >= 4 is 11.8 Å². The van der Waals surface area contributed by atoms with Gasteiger partial charge in [-0.1, -0.05) is 12.1 Å². The van der Waals surface area contributed by atoms with Crippen LogP contribution in [-0.4, -0.2) is 5.21 Å². The van der Waals surface area contributed by atoms with E-state index < -0.39 is 0 Å². The monoisotopic (exact) mass is 185 g/mol. The van der Waals surface area contributed by atoms with Crippen LogP contribution in [0.25, 0.3) is 6.08 Å². The van der Waals surface area contributed by atoms with E-state index in [2.05, 4.69) is 0 Å². The zero-order chi connectivity index (χ0) is 10.4. The molecule has 0 unspecified atom stereocenters. The van der Waals surface area contributed by atoms with Gasteiger partial charge in [0.15, 0.2) is 0 Å². The van der Waals surface area contributed by atoms with Gasteiger partial charge in [0, 0.05) is 0 Å². The number of nitrogens with zero attached hydrogens (tertiary/aromatic N) is 2. The molecule has 4 nitrogen and oxygen atoms in total. The van der Waals surface area contributed by atoms with Gasteiger partial charge in [-0.25, -0.2) is 0 Å². The zero-order valence-electron chi connectivity index (χ0n) is 7.23. The molecule has 1 aromatic rings. The Kier molecular flexibility index (Phi) is 3.26. The molecule has 0 bridgehead atoms. The molecular weight excluding hydrogens is 178 g/mol. The van der Waals surface area contributed by atoms with Crippen LogP contribution in [0.5, 0.6) is 0 Å². The highest BCUT2D eigenvalue weighted by Crippen LogP contribution is 2.11. The molecular formula is C10H7N3O. The number of nitrogens with one attached hydrogen (secondary N) is 1. The molecule has 0 amide bonds. The Morgan fingerprint density at radius 2 is 1.79 bits per heavy atom. The maximum absolute atomic E-state index is 8.53. The highest BCUT2D eigenvalue weighted by Gasteiger charge is 1.94. The fourth-order valence-corrected chi connectivity index (χ4v) is 0.910. The van der Waals surface area contributed by atoms with Crippen LogP contribution >= 0.6 is 0 Å². The molecule has 0 aromatic heterocycles. The molecule has 0 aliphatic heterocycles. The lowest BCUT2D eigenvalue weighted by Gasteiger charge is -1.97. The molecule has 0 aliphatic rings. The fraction of sp³-hybridized carbons (Fsp3) is 0. The van der Waals surface area contributed by atoms with E-state index in [9.17, 15) is 0 Å². The van der Waals surface area contributed by atoms with Gasteiger partial charge in [-0.15, -0.1) is 0 Å². The number of rotatable bonds is 2. The number of anilines is 1. The molecule has 1 rings (SSSR count).